The first-order chi connectivity index (χ1) is 5.84. The van der Waals surface area contributed by atoms with Gasteiger partial charge in [-0.3, -0.25) is 0 Å². The Bertz CT molecular complexity index is 446. The van der Waals surface area contributed by atoms with Gasteiger partial charge in [0.05, 0.1) is 20.0 Å². The van der Waals surface area contributed by atoms with Crippen molar-refractivity contribution in [2.45, 2.75) is 4.90 Å². The summed E-state index contributed by atoms with van der Waals surface area (Å²) in [6.07, 6.45) is 0. The Hall–Kier alpha value is 1.000. The van der Waals surface area contributed by atoms with Gasteiger partial charge in [-0.1, -0.05) is 34.8 Å². The van der Waals surface area contributed by atoms with E-state index in [9.17, 15) is 13.0 Å². The van der Waals surface area contributed by atoms with Crippen molar-refractivity contribution in [2.75, 3.05) is 0 Å². The third-order valence-corrected chi connectivity index (χ3v) is 3.55. The van der Waals surface area contributed by atoms with E-state index in [0.29, 0.717) is 0 Å². The van der Waals surface area contributed by atoms with E-state index in [2.05, 4.69) is 0 Å². The summed E-state index contributed by atoms with van der Waals surface area (Å²) in [6.45, 7) is 0. The van der Waals surface area contributed by atoms with Crippen LogP contribution in [-0.4, -0.2) is 13.0 Å². The van der Waals surface area contributed by atoms with Crippen LogP contribution >= 0.6 is 34.8 Å². The summed E-state index contributed by atoms with van der Waals surface area (Å²) in [5, 5.41) is -0.386. The smallest absolute Gasteiger partial charge is 0.744 e. The maximum Gasteiger partial charge on any atom is 1.00 e. The van der Waals surface area contributed by atoms with Gasteiger partial charge in [0.15, 0.2) is 0 Å². The number of hydrogen-bond acceptors (Lipinski definition) is 3. The van der Waals surface area contributed by atoms with Crippen molar-refractivity contribution < 1.29 is 42.5 Å². The third-order valence-electron chi connectivity index (χ3n) is 1.27. The third kappa shape index (κ3) is 3.25. The summed E-state index contributed by atoms with van der Waals surface area (Å²) in [5.41, 5.74) is 0. The van der Waals surface area contributed by atoms with Gasteiger partial charge in [-0.2, -0.15) is 0 Å². The molecule has 0 bridgehead atoms. The molecule has 0 heterocycles. The minimum absolute atomic E-state index is 0. The average molecular weight is 283 g/mol. The van der Waals surface area contributed by atoms with E-state index >= 15 is 0 Å². The summed E-state index contributed by atoms with van der Waals surface area (Å²) in [7, 11) is -4.60. The Morgan fingerprint density at radius 1 is 1.07 bits per heavy atom. The summed E-state index contributed by atoms with van der Waals surface area (Å²) in [4.78, 5) is -0.566. The van der Waals surface area contributed by atoms with Crippen molar-refractivity contribution in [3.63, 3.8) is 0 Å². The fourth-order valence-electron chi connectivity index (χ4n) is 0.701. The van der Waals surface area contributed by atoms with E-state index in [1.54, 1.807) is 0 Å². The number of hydrogen-bond donors (Lipinski definition) is 0. The molecule has 3 nitrogen and oxygen atoms in total. The van der Waals surface area contributed by atoms with Crippen LogP contribution in [0.5, 0.6) is 0 Å². The quantitative estimate of drug-likeness (QED) is 0.399. The number of benzene rings is 1. The first-order valence-corrected chi connectivity index (χ1v) is 5.47. The summed E-state index contributed by atoms with van der Waals surface area (Å²) in [5.74, 6) is 0. The molecule has 0 aliphatic rings. The molecular formula is C6H2Cl3NaO3S. The monoisotopic (exact) mass is 282 g/mol. The molecule has 1 rings (SSSR count). The predicted molar refractivity (Wildman–Crippen MR) is 49.4 cm³/mol. The zero-order valence-electron chi connectivity index (χ0n) is 6.92. The molecule has 0 aliphatic heterocycles. The van der Waals surface area contributed by atoms with Crippen LogP contribution in [0.4, 0.5) is 0 Å². The molecule has 0 atom stereocenters. The second-order valence-electron chi connectivity index (χ2n) is 2.13. The molecule has 0 N–H and O–H groups in total. The molecule has 14 heavy (non-hydrogen) atoms. The predicted octanol–water partition coefficient (Wildman–Crippen LogP) is -0.445. The van der Waals surface area contributed by atoms with Gasteiger partial charge in [-0.05, 0) is 12.1 Å². The molecule has 72 valence electrons. The number of halogens is 3. The van der Waals surface area contributed by atoms with Crippen molar-refractivity contribution in [1.29, 1.82) is 0 Å². The van der Waals surface area contributed by atoms with Crippen LogP contribution in [0, 0.1) is 0 Å². The van der Waals surface area contributed by atoms with Crippen LogP contribution in [0.2, 0.25) is 15.1 Å². The molecule has 0 unspecified atom stereocenters. The second-order valence-corrected chi connectivity index (χ2v) is 4.64. The van der Waals surface area contributed by atoms with Crippen molar-refractivity contribution >= 4 is 44.9 Å². The first-order valence-electron chi connectivity index (χ1n) is 2.93. The van der Waals surface area contributed by atoms with Crippen molar-refractivity contribution in [2.24, 2.45) is 0 Å². The largest absolute Gasteiger partial charge is 1.00 e. The zero-order chi connectivity index (χ0) is 10.2. The van der Waals surface area contributed by atoms with E-state index in [1.165, 1.54) is 6.07 Å². The molecule has 8 heteroatoms. The minimum atomic E-state index is -4.60. The Kier molecular flexibility index (Phi) is 5.75. The zero-order valence-corrected chi connectivity index (χ0v) is 12.0. The molecule has 0 amide bonds. The fraction of sp³-hybridized carbons (Fsp3) is 0. The number of rotatable bonds is 1. The van der Waals surface area contributed by atoms with Crippen molar-refractivity contribution in [3.8, 4) is 0 Å². The Balaban J connectivity index is 0.00000169. The standard InChI is InChI=1S/C6H3Cl3O3S.Na/c7-3-1-2-4(13(10,11)12)6(9)5(3)8;/h1-2H,(H,10,11,12);/q;+1/p-1. The van der Waals surface area contributed by atoms with Gasteiger partial charge >= 0.3 is 29.6 Å². The van der Waals surface area contributed by atoms with Crippen LogP contribution in [0.15, 0.2) is 17.0 Å². The molecule has 0 aromatic heterocycles. The van der Waals surface area contributed by atoms with Crippen molar-refractivity contribution in [1.82, 2.24) is 0 Å². The van der Waals surface area contributed by atoms with Gasteiger partial charge in [-0.15, -0.1) is 0 Å². The van der Waals surface area contributed by atoms with Crippen LogP contribution in [0.1, 0.15) is 0 Å². The van der Waals surface area contributed by atoms with Gasteiger partial charge in [0.1, 0.15) is 10.1 Å². The van der Waals surface area contributed by atoms with Gasteiger partial charge in [-0.25, -0.2) is 8.42 Å². The second kappa shape index (κ2) is 5.37. The molecule has 0 fully saturated rings. The Morgan fingerprint density at radius 3 is 2.00 bits per heavy atom. The van der Waals surface area contributed by atoms with E-state index in [4.69, 9.17) is 34.8 Å². The summed E-state index contributed by atoms with van der Waals surface area (Å²) in [6, 6.07) is 2.21. The minimum Gasteiger partial charge on any atom is -0.744 e. The summed E-state index contributed by atoms with van der Waals surface area (Å²) < 4.78 is 31.7. The first kappa shape index (κ1) is 15.0. The Labute approximate surface area is 118 Å². The summed E-state index contributed by atoms with van der Waals surface area (Å²) >= 11 is 16.5. The van der Waals surface area contributed by atoms with Gasteiger partial charge < -0.3 is 4.55 Å². The topological polar surface area (TPSA) is 57.2 Å². The SMILES string of the molecule is O=S(=O)([O-])c1ccc(Cl)c(Cl)c1Cl.[Na+]. The molecule has 1 aromatic rings. The van der Waals surface area contributed by atoms with Crippen LogP contribution in [0.25, 0.3) is 0 Å². The molecule has 0 aliphatic carbocycles. The maximum atomic E-state index is 10.6. The molecule has 0 spiro atoms. The van der Waals surface area contributed by atoms with Crippen LogP contribution in [-0.2, 0) is 10.1 Å². The molecule has 0 radical (unpaired) electrons. The average Bonchev–Trinajstić information content (AvgIpc) is 1.98. The van der Waals surface area contributed by atoms with Gasteiger partial charge in [0, 0.05) is 0 Å². The van der Waals surface area contributed by atoms with Crippen LogP contribution in [0.3, 0.4) is 0 Å². The maximum absolute atomic E-state index is 10.6. The van der Waals surface area contributed by atoms with E-state index in [0.717, 1.165) is 6.07 Å². The molecular weight excluding hydrogens is 281 g/mol. The van der Waals surface area contributed by atoms with Crippen molar-refractivity contribution in [3.05, 3.63) is 27.2 Å². The van der Waals surface area contributed by atoms with Gasteiger partial charge in [0.25, 0.3) is 0 Å². The normalized spacial score (nSPS) is 10.9. The molecule has 0 saturated heterocycles. The van der Waals surface area contributed by atoms with Crippen LogP contribution < -0.4 is 29.6 Å². The van der Waals surface area contributed by atoms with E-state index in [-0.39, 0.29) is 44.6 Å². The van der Waals surface area contributed by atoms with Gasteiger partial charge in [0.2, 0.25) is 0 Å². The fourth-order valence-corrected chi connectivity index (χ4v) is 2.13. The van der Waals surface area contributed by atoms with E-state index in [1.807, 2.05) is 0 Å². The molecule has 1 aromatic carbocycles. The Morgan fingerprint density at radius 2 is 1.57 bits per heavy atom. The molecule has 0 saturated carbocycles. The van der Waals surface area contributed by atoms with E-state index < -0.39 is 15.0 Å².